The van der Waals surface area contributed by atoms with E-state index in [2.05, 4.69) is 10.6 Å². The van der Waals surface area contributed by atoms with Crippen molar-refractivity contribution in [2.24, 2.45) is 0 Å². The van der Waals surface area contributed by atoms with Crippen LogP contribution in [0.2, 0.25) is 5.02 Å². The Bertz CT molecular complexity index is 765. The van der Waals surface area contributed by atoms with Gasteiger partial charge in [0.05, 0.1) is 5.75 Å². The summed E-state index contributed by atoms with van der Waals surface area (Å²) < 4.78 is 0. The van der Waals surface area contributed by atoms with Gasteiger partial charge in [-0.25, -0.2) is 0 Å². The summed E-state index contributed by atoms with van der Waals surface area (Å²) in [7, 11) is 0. The second kappa shape index (κ2) is 9.49. The van der Waals surface area contributed by atoms with E-state index < -0.39 is 0 Å². The van der Waals surface area contributed by atoms with Crippen LogP contribution in [0.1, 0.15) is 28.4 Å². The van der Waals surface area contributed by atoms with Crippen molar-refractivity contribution in [3.05, 3.63) is 64.2 Å². The molecule has 0 saturated carbocycles. The first-order valence-electron chi connectivity index (χ1n) is 8.00. The van der Waals surface area contributed by atoms with Gasteiger partial charge in [-0.05, 0) is 49.2 Å². The van der Waals surface area contributed by atoms with Crippen molar-refractivity contribution < 1.29 is 9.59 Å². The Hall–Kier alpha value is -1.98. The van der Waals surface area contributed by atoms with Crippen LogP contribution >= 0.6 is 23.4 Å². The molecule has 4 nitrogen and oxygen atoms in total. The maximum absolute atomic E-state index is 12.2. The number of amides is 2. The van der Waals surface area contributed by atoms with E-state index >= 15 is 0 Å². The normalized spacial score (nSPS) is 10.4. The maximum Gasteiger partial charge on any atom is 0.251 e. The van der Waals surface area contributed by atoms with Crippen LogP contribution in [0.15, 0.2) is 42.5 Å². The number of carbonyl (C=O) groups excluding carboxylic acids is 2. The molecule has 0 aliphatic rings. The lowest BCUT2D eigenvalue weighted by molar-refractivity contribution is -0.113. The molecule has 0 radical (unpaired) electrons. The van der Waals surface area contributed by atoms with Crippen LogP contribution in [0.4, 0.5) is 5.69 Å². The minimum absolute atomic E-state index is 0.0943. The largest absolute Gasteiger partial charge is 0.352 e. The molecule has 0 heterocycles. The molecular formula is C19H21ClN2O2S. The van der Waals surface area contributed by atoms with Crippen LogP contribution in [0, 0.1) is 6.92 Å². The second-order valence-electron chi connectivity index (χ2n) is 5.56. The molecule has 6 heteroatoms. The molecule has 2 N–H and O–H groups in total. The highest BCUT2D eigenvalue weighted by Crippen LogP contribution is 2.19. The van der Waals surface area contributed by atoms with Crippen molar-refractivity contribution in [3.8, 4) is 0 Å². The summed E-state index contributed by atoms with van der Waals surface area (Å²) in [6.45, 7) is 4.33. The highest BCUT2D eigenvalue weighted by molar-refractivity contribution is 7.99. The molecule has 0 aromatic heterocycles. The molecule has 2 rings (SSSR count). The van der Waals surface area contributed by atoms with Crippen LogP contribution in [0.5, 0.6) is 0 Å². The molecule has 0 unspecified atom stereocenters. The third kappa shape index (κ3) is 6.11. The van der Waals surface area contributed by atoms with Crippen LogP contribution in [0.25, 0.3) is 0 Å². The lowest BCUT2D eigenvalue weighted by Gasteiger charge is -2.11. The summed E-state index contributed by atoms with van der Waals surface area (Å²) in [5, 5.41) is 6.33. The summed E-state index contributed by atoms with van der Waals surface area (Å²) >= 11 is 7.47. The van der Waals surface area contributed by atoms with Crippen molar-refractivity contribution >= 4 is 40.9 Å². The zero-order valence-electron chi connectivity index (χ0n) is 14.3. The summed E-state index contributed by atoms with van der Waals surface area (Å²) in [6, 6.07) is 12.9. The van der Waals surface area contributed by atoms with Gasteiger partial charge in [-0.3, -0.25) is 9.59 Å². The molecule has 132 valence electrons. The van der Waals surface area contributed by atoms with Crippen LogP contribution < -0.4 is 10.6 Å². The number of benzene rings is 2. The number of rotatable bonds is 7. The molecule has 0 bridgehead atoms. The number of hydrogen-bond acceptors (Lipinski definition) is 3. The van der Waals surface area contributed by atoms with Crippen molar-refractivity contribution in [2.75, 3.05) is 17.6 Å². The standard InChI is InChI=1S/C19H21ClN2O2S/c1-3-21-19(24)15-8-7-13(2)17(10-15)22-18(23)12-25-11-14-5-4-6-16(20)9-14/h4-10H,3,11-12H2,1-2H3,(H,21,24)(H,22,23). The summed E-state index contributed by atoms with van der Waals surface area (Å²) in [4.78, 5) is 24.1. The summed E-state index contributed by atoms with van der Waals surface area (Å²) in [5.74, 6) is 0.806. The van der Waals surface area contributed by atoms with Crippen molar-refractivity contribution in [2.45, 2.75) is 19.6 Å². The second-order valence-corrected chi connectivity index (χ2v) is 6.98. The van der Waals surface area contributed by atoms with Gasteiger partial charge in [-0.1, -0.05) is 29.8 Å². The first-order chi connectivity index (χ1) is 12.0. The van der Waals surface area contributed by atoms with Gasteiger partial charge in [0.25, 0.3) is 5.91 Å². The molecule has 0 saturated heterocycles. The minimum atomic E-state index is -0.145. The van der Waals surface area contributed by atoms with Gasteiger partial charge < -0.3 is 10.6 Å². The van der Waals surface area contributed by atoms with Gasteiger partial charge in [0.2, 0.25) is 5.91 Å². The Morgan fingerprint density at radius 2 is 1.96 bits per heavy atom. The topological polar surface area (TPSA) is 58.2 Å². The number of nitrogens with one attached hydrogen (secondary N) is 2. The van der Waals surface area contributed by atoms with E-state index in [1.807, 2.05) is 44.2 Å². The molecule has 0 aliphatic carbocycles. The van der Waals surface area contributed by atoms with Crippen molar-refractivity contribution in [1.29, 1.82) is 0 Å². The van der Waals surface area contributed by atoms with Gasteiger partial charge in [0.15, 0.2) is 0 Å². The fourth-order valence-corrected chi connectivity index (χ4v) is 3.22. The molecule has 0 aliphatic heterocycles. The number of aryl methyl sites for hydroxylation is 1. The first-order valence-corrected chi connectivity index (χ1v) is 9.53. The van der Waals surface area contributed by atoms with Gasteiger partial charge in [0.1, 0.15) is 0 Å². The van der Waals surface area contributed by atoms with E-state index in [9.17, 15) is 9.59 Å². The molecule has 0 spiro atoms. The van der Waals surface area contributed by atoms with E-state index in [0.29, 0.717) is 34.3 Å². The fraction of sp³-hybridized carbons (Fsp3) is 0.263. The van der Waals surface area contributed by atoms with Crippen LogP contribution in [0.3, 0.4) is 0 Å². The van der Waals surface area contributed by atoms with Crippen LogP contribution in [-0.2, 0) is 10.5 Å². The average Bonchev–Trinajstić information content (AvgIpc) is 2.57. The summed E-state index contributed by atoms with van der Waals surface area (Å²) in [5.41, 5.74) is 3.20. The Morgan fingerprint density at radius 1 is 1.16 bits per heavy atom. The Kier molecular flexibility index (Phi) is 7.34. The highest BCUT2D eigenvalue weighted by atomic mass is 35.5. The van der Waals surface area contributed by atoms with Crippen molar-refractivity contribution in [1.82, 2.24) is 5.32 Å². The maximum atomic E-state index is 12.2. The monoisotopic (exact) mass is 376 g/mol. The Balaban J connectivity index is 1.91. The van der Waals surface area contributed by atoms with E-state index in [-0.39, 0.29) is 11.8 Å². The highest BCUT2D eigenvalue weighted by Gasteiger charge is 2.10. The number of thioether (sulfide) groups is 1. The lowest BCUT2D eigenvalue weighted by Crippen LogP contribution is -2.23. The molecule has 0 atom stereocenters. The predicted octanol–water partition coefficient (Wildman–Crippen LogP) is 4.27. The minimum Gasteiger partial charge on any atom is -0.352 e. The predicted molar refractivity (Wildman–Crippen MR) is 105 cm³/mol. The fourth-order valence-electron chi connectivity index (χ4n) is 2.24. The van der Waals surface area contributed by atoms with Gasteiger partial charge in [0, 0.05) is 28.6 Å². The summed E-state index contributed by atoms with van der Waals surface area (Å²) in [6.07, 6.45) is 0. The van der Waals surface area contributed by atoms with Crippen molar-refractivity contribution in [3.63, 3.8) is 0 Å². The molecular weight excluding hydrogens is 356 g/mol. The van der Waals surface area contributed by atoms with Gasteiger partial charge >= 0.3 is 0 Å². The molecule has 2 aromatic carbocycles. The molecule has 2 amide bonds. The van der Waals surface area contributed by atoms with E-state index in [4.69, 9.17) is 11.6 Å². The van der Waals surface area contributed by atoms with Gasteiger partial charge in [-0.15, -0.1) is 11.8 Å². The number of anilines is 1. The van der Waals surface area contributed by atoms with Gasteiger partial charge in [-0.2, -0.15) is 0 Å². The Morgan fingerprint density at radius 3 is 2.68 bits per heavy atom. The van der Waals surface area contributed by atoms with E-state index in [1.54, 1.807) is 12.1 Å². The van der Waals surface area contributed by atoms with Crippen LogP contribution in [-0.4, -0.2) is 24.1 Å². The third-order valence-electron chi connectivity index (χ3n) is 3.50. The third-order valence-corrected chi connectivity index (χ3v) is 4.74. The average molecular weight is 377 g/mol. The zero-order valence-corrected chi connectivity index (χ0v) is 15.8. The zero-order chi connectivity index (χ0) is 18.2. The smallest absolute Gasteiger partial charge is 0.251 e. The molecule has 2 aromatic rings. The SMILES string of the molecule is CCNC(=O)c1ccc(C)c(NC(=O)CSCc2cccc(Cl)c2)c1. The molecule has 0 fully saturated rings. The van der Waals surface area contributed by atoms with E-state index in [1.165, 1.54) is 11.8 Å². The lowest BCUT2D eigenvalue weighted by atomic mass is 10.1. The number of carbonyl (C=O) groups is 2. The molecule has 25 heavy (non-hydrogen) atoms. The number of hydrogen-bond donors (Lipinski definition) is 2. The quantitative estimate of drug-likeness (QED) is 0.758. The first kappa shape index (κ1) is 19.3. The Labute approximate surface area is 157 Å². The number of halogens is 1. The van der Waals surface area contributed by atoms with E-state index in [0.717, 1.165) is 11.1 Å².